The van der Waals surface area contributed by atoms with E-state index in [1.165, 1.54) is 30.3 Å². The van der Waals surface area contributed by atoms with Gasteiger partial charge in [0, 0.05) is 17.2 Å². The quantitative estimate of drug-likeness (QED) is 0.398. The Bertz CT molecular complexity index is 671. The van der Waals surface area contributed by atoms with Crippen LogP contribution in [0.15, 0.2) is 36.4 Å². The molecule has 19 heavy (non-hydrogen) atoms. The van der Waals surface area contributed by atoms with Crippen LogP contribution < -0.4 is 5.73 Å². The first-order chi connectivity index (χ1) is 9.02. The summed E-state index contributed by atoms with van der Waals surface area (Å²) in [7, 11) is 0. The molecule has 0 spiro atoms. The summed E-state index contributed by atoms with van der Waals surface area (Å²) in [5.41, 5.74) is 5.87. The molecular formula is C13H9FN2O3. The lowest BCUT2D eigenvalue weighted by Gasteiger charge is -2.05. The van der Waals surface area contributed by atoms with E-state index >= 15 is 0 Å². The second-order valence-electron chi connectivity index (χ2n) is 3.89. The van der Waals surface area contributed by atoms with Crippen LogP contribution in [0.25, 0.3) is 11.1 Å². The summed E-state index contributed by atoms with van der Waals surface area (Å²) >= 11 is 0. The molecule has 0 atom stereocenters. The minimum absolute atomic E-state index is 0.000648. The van der Waals surface area contributed by atoms with Gasteiger partial charge in [-0.25, -0.2) is 4.39 Å². The maximum absolute atomic E-state index is 13.7. The van der Waals surface area contributed by atoms with E-state index < -0.39 is 10.7 Å². The lowest BCUT2D eigenvalue weighted by Crippen LogP contribution is -1.96. The Labute approximate surface area is 107 Å². The van der Waals surface area contributed by atoms with Gasteiger partial charge in [-0.15, -0.1) is 0 Å². The molecule has 6 heteroatoms. The molecule has 2 rings (SSSR count). The third kappa shape index (κ3) is 2.42. The molecule has 0 saturated heterocycles. The Morgan fingerprint density at radius 2 is 1.95 bits per heavy atom. The molecule has 2 N–H and O–H groups in total. The highest BCUT2D eigenvalue weighted by atomic mass is 19.1. The molecule has 0 aromatic heterocycles. The van der Waals surface area contributed by atoms with Gasteiger partial charge in [-0.2, -0.15) is 0 Å². The molecule has 0 aliphatic heterocycles. The highest BCUT2D eigenvalue weighted by Gasteiger charge is 2.14. The van der Waals surface area contributed by atoms with Gasteiger partial charge in [-0.1, -0.05) is 6.07 Å². The number of benzene rings is 2. The van der Waals surface area contributed by atoms with Crippen molar-refractivity contribution in [2.24, 2.45) is 0 Å². The van der Waals surface area contributed by atoms with Gasteiger partial charge < -0.3 is 5.73 Å². The van der Waals surface area contributed by atoms with Gasteiger partial charge in [-0.3, -0.25) is 14.9 Å². The predicted octanol–water partition coefficient (Wildman–Crippen LogP) is 2.80. The number of nitro groups is 1. The van der Waals surface area contributed by atoms with E-state index in [2.05, 4.69) is 0 Å². The van der Waals surface area contributed by atoms with Crippen molar-refractivity contribution in [3.63, 3.8) is 0 Å². The number of rotatable bonds is 3. The summed E-state index contributed by atoms with van der Waals surface area (Å²) in [6, 6.07) is 7.79. The van der Waals surface area contributed by atoms with Crippen LogP contribution >= 0.6 is 0 Å². The third-order valence-electron chi connectivity index (χ3n) is 2.66. The standard InChI is InChI=1S/C13H9FN2O3/c14-11-3-1-8(7-17)5-10(11)9-2-4-12(15)13(6-9)16(18)19/h1-7H,15H2. The Balaban J connectivity index is 2.62. The fraction of sp³-hybridized carbons (Fsp3) is 0. The summed E-state index contributed by atoms with van der Waals surface area (Å²) in [5, 5.41) is 10.8. The van der Waals surface area contributed by atoms with Gasteiger partial charge in [0.05, 0.1) is 4.92 Å². The first-order valence-electron chi connectivity index (χ1n) is 5.32. The molecule has 5 nitrogen and oxygen atoms in total. The third-order valence-corrected chi connectivity index (χ3v) is 2.66. The molecule has 0 aliphatic carbocycles. The molecule has 2 aromatic carbocycles. The average molecular weight is 260 g/mol. The van der Waals surface area contributed by atoms with E-state index in [9.17, 15) is 19.3 Å². The van der Waals surface area contributed by atoms with Crippen molar-refractivity contribution in [2.45, 2.75) is 0 Å². The largest absolute Gasteiger partial charge is 0.393 e. The fourth-order valence-electron chi connectivity index (χ4n) is 1.71. The van der Waals surface area contributed by atoms with Gasteiger partial charge in [-0.05, 0) is 29.8 Å². The summed E-state index contributed by atoms with van der Waals surface area (Å²) in [6.07, 6.45) is 0.578. The first-order valence-corrected chi connectivity index (χ1v) is 5.32. The number of carbonyl (C=O) groups excluding carboxylic acids is 1. The lowest BCUT2D eigenvalue weighted by atomic mass is 10.0. The number of carbonyl (C=O) groups is 1. The Morgan fingerprint density at radius 3 is 2.58 bits per heavy atom. The van der Waals surface area contributed by atoms with Crippen LogP contribution in [0.1, 0.15) is 10.4 Å². The van der Waals surface area contributed by atoms with Crippen LogP contribution in [0.4, 0.5) is 15.8 Å². The maximum Gasteiger partial charge on any atom is 0.292 e. The number of hydrogen-bond donors (Lipinski definition) is 1. The van der Waals surface area contributed by atoms with Crippen LogP contribution in [0.2, 0.25) is 0 Å². The summed E-state index contributed by atoms with van der Waals surface area (Å²) in [4.78, 5) is 20.8. The fourth-order valence-corrected chi connectivity index (χ4v) is 1.71. The highest BCUT2D eigenvalue weighted by molar-refractivity contribution is 5.80. The second kappa shape index (κ2) is 4.85. The smallest absolute Gasteiger partial charge is 0.292 e. The van der Waals surface area contributed by atoms with E-state index in [4.69, 9.17) is 5.73 Å². The molecule has 0 radical (unpaired) electrons. The number of nitro benzene ring substituents is 1. The summed E-state index contributed by atoms with van der Waals surface area (Å²) in [5.74, 6) is -0.565. The van der Waals surface area contributed by atoms with Crippen LogP contribution in [-0.2, 0) is 0 Å². The second-order valence-corrected chi connectivity index (χ2v) is 3.89. The van der Waals surface area contributed by atoms with Crippen molar-refractivity contribution in [3.05, 3.63) is 57.9 Å². The number of halogens is 1. The molecule has 0 heterocycles. The van der Waals surface area contributed by atoms with Gasteiger partial charge in [0.2, 0.25) is 0 Å². The monoisotopic (exact) mass is 260 g/mol. The first kappa shape index (κ1) is 12.7. The van der Waals surface area contributed by atoms with Crippen molar-refractivity contribution >= 4 is 17.7 Å². The molecule has 0 unspecified atom stereocenters. The van der Waals surface area contributed by atoms with E-state index in [0.717, 1.165) is 6.07 Å². The SMILES string of the molecule is Nc1ccc(-c2cc(C=O)ccc2F)cc1[N+](=O)[O-]. The van der Waals surface area contributed by atoms with Crippen LogP contribution in [-0.4, -0.2) is 11.2 Å². The average Bonchev–Trinajstić information content (AvgIpc) is 2.40. The molecule has 0 fully saturated rings. The Kier molecular flexibility index (Phi) is 3.24. The zero-order chi connectivity index (χ0) is 14.0. The number of hydrogen-bond acceptors (Lipinski definition) is 4. The Morgan fingerprint density at radius 1 is 1.21 bits per heavy atom. The highest BCUT2D eigenvalue weighted by Crippen LogP contribution is 2.30. The molecular weight excluding hydrogens is 251 g/mol. The van der Waals surface area contributed by atoms with Crippen LogP contribution in [0.5, 0.6) is 0 Å². The lowest BCUT2D eigenvalue weighted by molar-refractivity contribution is -0.383. The molecule has 2 aromatic rings. The van der Waals surface area contributed by atoms with Gasteiger partial charge in [0.15, 0.2) is 0 Å². The van der Waals surface area contributed by atoms with Gasteiger partial charge >= 0.3 is 0 Å². The molecule has 96 valence electrons. The topological polar surface area (TPSA) is 86.2 Å². The minimum Gasteiger partial charge on any atom is -0.393 e. The molecule has 0 bridgehead atoms. The van der Waals surface area contributed by atoms with Crippen molar-refractivity contribution in [3.8, 4) is 11.1 Å². The minimum atomic E-state index is -0.639. The van der Waals surface area contributed by atoms with Crippen molar-refractivity contribution in [1.29, 1.82) is 0 Å². The zero-order valence-corrected chi connectivity index (χ0v) is 9.67. The van der Waals surface area contributed by atoms with Crippen molar-refractivity contribution in [1.82, 2.24) is 0 Å². The molecule has 0 aliphatic rings. The summed E-state index contributed by atoms with van der Waals surface area (Å²) < 4.78 is 13.7. The number of aldehydes is 1. The van der Waals surface area contributed by atoms with Crippen LogP contribution in [0.3, 0.4) is 0 Å². The summed E-state index contributed by atoms with van der Waals surface area (Å²) in [6.45, 7) is 0. The van der Waals surface area contributed by atoms with E-state index in [0.29, 0.717) is 11.8 Å². The van der Waals surface area contributed by atoms with E-state index in [1.54, 1.807) is 0 Å². The predicted molar refractivity (Wildman–Crippen MR) is 68.3 cm³/mol. The molecule has 0 amide bonds. The zero-order valence-electron chi connectivity index (χ0n) is 9.67. The normalized spacial score (nSPS) is 10.2. The number of anilines is 1. The number of nitrogens with two attached hydrogens (primary N) is 1. The Hall–Kier alpha value is -2.76. The van der Waals surface area contributed by atoms with Gasteiger partial charge in [0.25, 0.3) is 5.69 Å². The molecule has 0 saturated carbocycles. The van der Waals surface area contributed by atoms with E-state index in [-0.39, 0.29) is 22.5 Å². The van der Waals surface area contributed by atoms with Crippen molar-refractivity contribution in [2.75, 3.05) is 5.73 Å². The van der Waals surface area contributed by atoms with E-state index in [1.807, 2.05) is 0 Å². The maximum atomic E-state index is 13.7. The van der Waals surface area contributed by atoms with Gasteiger partial charge in [0.1, 0.15) is 17.8 Å². The number of nitrogens with zero attached hydrogens (tertiary/aromatic N) is 1. The number of nitrogen functional groups attached to an aromatic ring is 1. The van der Waals surface area contributed by atoms with Crippen molar-refractivity contribution < 1.29 is 14.1 Å². The van der Waals surface area contributed by atoms with Crippen LogP contribution in [0, 0.1) is 15.9 Å².